The summed E-state index contributed by atoms with van der Waals surface area (Å²) in [5.74, 6) is 0.0993. The fraction of sp³-hybridized carbons (Fsp3) is 0.462. The Morgan fingerprint density at radius 1 is 1.11 bits per heavy atom. The van der Waals surface area contributed by atoms with Gasteiger partial charge in [0.15, 0.2) is 0 Å². The molecule has 0 radical (unpaired) electrons. The molecule has 0 aromatic heterocycles. The van der Waals surface area contributed by atoms with Crippen molar-refractivity contribution in [3.8, 4) is 0 Å². The van der Waals surface area contributed by atoms with E-state index in [-0.39, 0.29) is 30.7 Å². The fourth-order valence-corrected chi connectivity index (χ4v) is 2.70. The van der Waals surface area contributed by atoms with Crippen LogP contribution in [0.1, 0.15) is 12.8 Å². The lowest BCUT2D eigenvalue weighted by atomic mass is 10.0. The molecular weight excluding hydrogens is 285 g/mol. The standard InChI is InChI=1S/C13H17N3O.2ClH/c17-13-9-16(10-5-7-14-8-6-10)12-4-2-1-3-11(12)15-13;;/h1-4,10,14H,5-9H2,(H,15,17);2*1H. The summed E-state index contributed by atoms with van der Waals surface area (Å²) in [7, 11) is 0. The normalized spacial score (nSPS) is 18.7. The Bertz CT molecular complexity index is 436. The van der Waals surface area contributed by atoms with Gasteiger partial charge in [-0.15, -0.1) is 24.8 Å². The summed E-state index contributed by atoms with van der Waals surface area (Å²) in [6.07, 6.45) is 2.23. The summed E-state index contributed by atoms with van der Waals surface area (Å²) in [4.78, 5) is 14.0. The van der Waals surface area contributed by atoms with E-state index in [1.807, 2.05) is 18.2 Å². The largest absolute Gasteiger partial charge is 0.357 e. The summed E-state index contributed by atoms with van der Waals surface area (Å²) in [6, 6.07) is 8.55. The minimum absolute atomic E-state index is 0. The minimum atomic E-state index is 0. The Morgan fingerprint density at radius 3 is 2.53 bits per heavy atom. The number of benzene rings is 1. The van der Waals surface area contributed by atoms with E-state index in [9.17, 15) is 4.79 Å². The number of para-hydroxylation sites is 2. The molecule has 2 aliphatic rings. The van der Waals surface area contributed by atoms with Gasteiger partial charge >= 0.3 is 0 Å². The molecule has 2 N–H and O–H groups in total. The molecule has 2 heterocycles. The number of carbonyl (C=O) groups is 1. The quantitative estimate of drug-likeness (QED) is 0.834. The number of amides is 1. The monoisotopic (exact) mass is 303 g/mol. The lowest BCUT2D eigenvalue weighted by molar-refractivity contribution is -0.115. The van der Waals surface area contributed by atoms with Gasteiger partial charge in [0.1, 0.15) is 0 Å². The van der Waals surface area contributed by atoms with Crippen molar-refractivity contribution in [1.29, 1.82) is 0 Å². The van der Waals surface area contributed by atoms with E-state index in [4.69, 9.17) is 0 Å². The molecule has 1 aromatic carbocycles. The van der Waals surface area contributed by atoms with Gasteiger partial charge in [-0.3, -0.25) is 4.79 Å². The van der Waals surface area contributed by atoms with Crippen LogP contribution in [-0.2, 0) is 4.79 Å². The van der Waals surface area contributed by atoms with Gasteiger partial charge in [0.2, 0.25) is 5.91 Å². The van der Waals surface area contributed by atoms with Crippen LogP contribution in [0.2, 0.25) is 0 Å². The topological polar surface area (TPSA) is 44.4 Å². The van der Waals surface area contributed by atoms with Crippen LogP contribution in [0.4, 0.5) is 11.4 Å². The van der Waals surface area contributed by atoms with Gasteiger partial charge in [-0.2, -0.15) is 0 Å². The highest BCUT2D eigenvalue weighted by Crippen LogP contribution is 2.32. The smallest absolute Gasteiger partial charge is 0.243 e. The third kappa shape index (κ3) is 3.32. The predicted molar refractivity (Wildman–Crippen MR) is 82.8 cm³/mol. The zero-order valence-electron chi connectivity index (χ0n) is 10.6. The number of piperidine rings is 1. The fourth-order valence-electron chi connectivity index (χ4n) is 2.70. The highest BCUT2D eigenvalue weighted by Gasteiger charge is 2.28. The summed E-state index contributed by atoms with van der Waals surface area (Å²) in [5, 5.41) is 6.29. The molecule has 2 aliphatic heterocycles. The van der Waals surface area contributed by atoms with Crippen LogP contribution in [0.3, 0.4) is 0 Å². The molecule has 3 rings (SSSR count). The van der Waals surface area contributed by atoms with Crippen molar-refractivity contribution in [2.24, 2.45) is 0 Å². The van der Waals surface area contributed by atoms with E-state index in [1.165, 1.54) is 5.69 Å². The summed E-state index contributed by atoms with van der Waals surface area (Å²) >= 11 is 0. The SMILES string of the molecule is Cl.Cl.O=C1CN(C2CCNCC2)c2ccccc2N1. The van der Waals surface area contributed by atoms with Crippen molar-refractivity contribution >= 4 is 42.1 Å². The number of hydrogen-bond acceptors (Lipinski definition) is 3. The molecule has 0 aliphatic carbocycles. The van der Waals surface area contributed by atoms with E-state index in [1.54, 1.807) is 0 Å². The summed E-state index contributed by atoms with van der Waals surface area (Å²) < 4.78 is 0. The maximum absolute atomic E-state index is 11.7. The van der Waals surface area contributed by atoms with E-state index in [0.717, 1.165) is 31.6 Å². The molecule has 1 aromatic rings. The van der Waals surface area contributed by atoms with Gasteiger partial charge in [-0.25, -0.2) is 0 Å². The molecule has 0 unspecified atom stereocenters. The molecule has 1 fully saturated rings. The highest BCUT2D eigenvalue weighted by atomic mass is 35.5. The van der Waals surface area contributed by atoms with Gasteiger partial charge in [0.25, 0.3) is 0 Å². The van der Waals surface area contributed by atoms with Gasteiger partial charge in [-0.05, 0) is 38.1 Å². The van der Waals surface area contributed by atoms with Crippen LogP contribution in [-0.4, -0.2) is 31.6 Å². The zero-order valence-corrected chi connectivity index (χ0v) is 12.2. The zero-order chi connectivity index (χ0) is 11.7. The third-order valence-electron chi connectivity index (χ3n) is 3.55. The van der Waals surface area contributed by atoms with Crippen LogP contribution in [0.15, 0.2) is 24.3 Å². The number of rotatable bonds is 1. The van der Waals surface area contributed by atoms with E-state index in [0.29, 0.717) is 12.6 Å². The van der Waals surface area contributed by atoms with E-state index >= 15 is 0 Å². The number of anilines is 2. The Labute approximate surface area is 125 Å². The number of fused-ring (bicyclic) bond motifs is 1. The predicted octanol–water partition coefficient (Wildman–Crippen LogP) is 2.04. The average Bonchev–Trinajstić information content (AvgIpc) is 2.39. The van der Waals surface area contributed by atoms with Gasteiger partial charge < -0.3 is 15.5 Å². The Hall–Kier alpha value is -0.970. The number of nitrogens with one attached hydrogen (secondary N) is 2. The van der Waals surface area contributed by atoms with Gasteiger partial charge in [0, 0.05) is 6.04 Å². The lowest BCUT2D eigenvalue weighted by Crippen LogP contribution is -2.48. The first-order chi connectivity index (χ1) is 8.34. The van der Waals surface area contributed by atoms with Crippen molar-refractivity contribution in [2.75, 3.05) is 29.9 Å². The highest BCUT2D eigenvalue weighted by molar-refractivity contribution is 6.01. The van der Waals surface area contributed by atoms with Crippen molar-refractivity contribution in [3.05, 3.63) is 24.3 Å². The Balaban J connectivity index is 0.000000902. The van der Waals surface area contributed by atoms with E-state index < -0.39 is 0 Å². The number of hydrogen-bond donors (Lipinski definition) is 2. The van der Waals surface area contributed by atoms with Crippen LogP contribution < -0.4 is 15.5 Å². The van der Waals surface area contributed by atoms with Crippen LogP contribution in [0.25, 0.3) is 0 Å². The lowest BCUT2D eigenvalue weighted by Gasteiger charge is -2.39. The molecule has 0 atom stereocenters. The summed E-state index contributed by atoms with van der Waals surface area (Å²) in [6.45, 7) is 2.58. The number of nitrogens with zero attached hydrogens (tertiary/aromatic N) is 1. The Kier molecular flexibility index (Phi) is 5.91. The maximum Gasteiger partial charge on any atom is 0.243 e. The Morgan fingerprint density at radius 2 is 1.79 bits per heavy atom. The molecule has 0 spiro atoms. The first kappa shape index (κ1) is 16.1. The second-order valence-electron chi connectivity index (χ2n) is 4.67. The van der Waals surface area contributed by atoms with E-state index in [2.05, 4.69) is 21.6 Å². The van der Waals surface area contributed by atoms with Crippen molar-refractivity contribution in [3.63, 3.8) is 0 Å². The second kappa shape index (κ2) is 6.98. The first-order valence-corrected chi connectivity index (χ1v) is 6.21. The van der Waals surface area contributed by atoms with Crippen LogP contribution >= 0.6 is 24.8 Å². The molecular formula is C13H19Cl2N3O. The van der Waals surface area contributed by atoms with Crippen LogP contribution in [0, 0.1) is 0 Å². The van der Waals surface area contributed by atoms with Gasteiger partial charge in [0.05, 0.1) is 17.9 Å². The summed E-state index contributed by atoms with van der Waals surface area (Å²) in [5.41, 5.74) is 2.11. The average molecular weight is 304 g/mol. The van der Waals surface area contributed by atoms with Crippen molar-refractivity contribution in [1.82, 2.24) is 5.32 Å². The molecule has 0 bridgehead atoms. The maximum atomic E-state index is 11.7. The molecule has 19 heavy (non-hydrogen) atoms. The number of carbonyl (C=O) groups excluding carboxylic acids is 1. The second-order valence-corrected chi connectivity index (χ2v) is 4.67. The van der Waals surface area contributed by atoms with Crippen molar-refractivity contribution < 1.29 is 4.79 Å². The molecule has 1 saturated heterocycles. The molecule has 6 heteroatoms. The third-order valence-corrected chi connectivity index (χ3v) is 3.55. The molecule has 1 amide bonds. The molecule has 0 saturated carbocycles. The molecule has 106 valence electrons. The van der Waals surface area contributed by atoms with Gasteiger partial charge in [-0.1, -0.05) is 12.1 Å². The van der Waals surface area contributed by atoms with Crippen LogP contribution in [0.5, 0.6) is 0 Å². The minimum Gasteiger partial charge on any atom is -0.357 e. The van der Waals surface area contributed by atoms with Crippen molar-refractivity contribution in [2.45, 2.75) is 18.9 Å². The number of halogens is 2. The first-order valence-electron chi connectivity index (χ1n) is 6.21. The molecule has 4 nitrogen and oxygen atoms in total.